The number of ether oxygens (including phenoxy) is 1. The van der Waals surface area contributed by atoms with Crippen molar-refractivity contribution < 1.29 is 13.9 Å². The Morgan fingerprint density at radius 3 is 2.30 bits per heavy atom. The molecule has 0 aliphatic carbocycles. The van der Waals surface area contributed by atoms with Gasteiger partial charge in [0.2, 0.25) is 5.95 Å². The first-order chi connectivity index (χ1) is 14.7. The first-order valence-corrected chi connectivity index (χ1v) is 9.41. The van der Waals surface area contributed by atoms with Crippen LogP contribution >= 0.6 is 0 Å². The maximum atomic E-state index is 13.1. The van der Waals surface area contributed by atoms with Crippen molar-refractivity contribution >= 4 is 11.9 Å². The third-order valence-corrected chi connectivity index (χ3v) is 4.34. The summed E-state index contributed by atoms with van der Waals surface area (Å²) < 4.78 is 19.9. The monoisotopic (exact) mass is 402 g/mol. The Labute approximate surface area is 173 Å². The highest BCUT2D eigenvalue weighted by atomic mass is 19.1. The second-order valence-electron chi connectivity index (χ2n) is 6.51. The summed E-state index contributed by atoms with van der Waals surface area (Å²) in [7, 11) is 0. The van der Waals surface area contributed by atoms with E-state index in [1.54, 1.807) is 24.3 Å². The largest absolute Gasteiger partial charge is 0.484 e. The van der Waals surface area contributed by atoms with Crippen LogP contribution in [0.25, 0.3) is 11.4 Å². The molecule has 0 fully saturated rings. The van der Waals surface area contributed by atoms with Gasteiger partial charge in [0, 0.05) is 12.1 Å². The molecule has 0 atom stereocenters. The van der Waals surface area contributed by atoms with Gasteiger partial charge in [-0.15, -0.1) is 5.10 Å². The Bertz CT molecular complexity index is 1110. The number of anilines is 1. The smallest absolute Gasteiger partial charge is 0.287 e. The van der Waals surface area contributed by atoms with Gasteiger partial charge in [-0.2, -0.15) is 9.67 Å². The van der Waals surface area contributed by atoms with Crippen molar-refractivity contribution in [1.29, 1.82) is 0 Å². The topological polar surface area (TPSA) is 69.0 Å². The van der Waals surface area contributed by atoms with Gasteiger partial charge in [0.1, 0.15) is 11.6 Å². The highest BCUT2D eigenvalue weighted by molar-refractivity contribution is 5.82. The molecule has 4 aromatic rings. The van der Waals surface area contributed by atoms with Crippen molar-refractivity contribution in [2.75, 3.05) is 11.9 Å². The van der Waals surface area contributed by atoms with Gasteiger partial charge in [-0.25, -0.2) is 4.39 Å². The van der Waals surface area contributed by atoms with Crippen molar-refractivity contribution in [3.63, 3.8) is 0 Å². The minimum atomic E-state index is -0.366. The van der Waals surface area contributed by atoms with Gasteiger partial charge in [0.15, 0.2) is 12.4 Å². The number of carbonyl (C=O) groups excluding carboxylic acids is 1. The van der Waals surface area contributed by atoms with Gasteiger partial charge in [0.25, 0.3) is 5.91 Å². The minimum Gasteiger partial charge on any atom is -0.484 e. The number of carbonyl (C=O) groups is 1. The quantitative estimate of drug-likeness (QED) is 0.496. The van der Waals surface area contributed by atoms with E-state index in [0.29, 0.717) is 24.1 Å². The maximum absolute atomic E-state index is 13.1. The van der Waals surface area contributed by atoms with E-state index in [4.69, 9.17) is 4.74 Å². The molecular weight excluding hydrogens is 383 g/mol. The molecule has 150 valence electrons. The van der Waals surface area contributed by atoms with E-state index in [1.165, 1.54) is 16.8 Å². The van der Waals surface area contributed by atoms with Gasteiger partial charge in [-0.3, -0.25) is 4.79 Å². The zero-order valence-electron chi connectivity index (χ0n) is 16.0. The number of nitrogens with zero attached hydrogens (tertiary/aromatic N) is 3. The average molecular weight is 402 g/mol. The Morgan fingerprint density at radius 2 is 1.60 bits per heavy atom. The number of halogens is 1. The van der Waals surface area contributed by atoms with E-state index >= 15 is 0 Å². The van der Waals surface area contributed by atoms with Crippen LogP contribution in [0.2, 0.25) is 0 Å². The summed E-state index contributed by atoms with van der Waals surface area (Å²) in [5.41, 5.74) is 1.64. The summed E-state index contributed by atoms with van der Waals surface area (Å²) in [6, 6.07) is 24.6. The second kappa shape index (κ2) is 9.00. The third-order valence-electron chi connectivity index (χ3n) is 4.34. The molecule has 0 unspecified atom stereocenters. The molecule has 0 aliphatic rings. The molecule has 1 aromatic heterocycles. The molecule has 1 heterocycles. The highest BCUT2D eigenvalue weighted by Crippen LogP contribution is 2.18. The lowest BCUT2D eigenvalue weighted by Crippen LogP contribution is -2.22. The Hall–Kier alpha value is -4.00. The molecule has 0 bridgehead atoms. The third kappa shape index (κ3) is 4.70. The molecule has 0 radical (unpaired) electrons. The molecule has 0 amide bonds. The van der Waals surface area contributed by atoms with Gasteiger partial charge >= 0.3 is 0 Å². The molecule has 0 saturated heterocycles. The maximum Gasteiger partial charge on any atom is 0.287 e. The highest BCUT2D eigenvalue weighted by Gasteiger charge is 2.18. The predicted octanol–water partition coefficient (Wildman–Crippen LogP) is 4.42. The van der Waals surface area contributed by atoms with Crippen molar-refractivity contribution in [1.82, 2.24) is 14.8 Å². The molecule has 6 nitrogen and oxygen atoms in total. The summed E-state index contributed by atoms with van der Waals surface area (Å²) in [6.45, 7) is 0.173. The van der Waals surface area contributed by atoms with E-state index in [1.807, 2.05) is 48.5 Å². The molecule has 3 aromatic carbocycles. The lowest BCUT2D eigenvalue weighted by Gasteiger charge is -2.08. The second-order valence-corrected chi connectivity index (χ2v) is 6.51. The lowest BCUT2D eigenvalue weighted by molar-refractivity contribution is 0.0824. The fraction of sp³-hybridized carbons (Fsp3) is 0.0870. The van der Waals surface area contributed by atoms with Gasteiger partial charge < -0.3 is 10.1 Å². The molecule has 4 rings (SSSR count). The van der Waals surface area contributed by atoms with Gasteiger partial charge in [0.05, 0.1) is 0 Å². The van der Waals surface area contributed by atoms with Crippen LogP contribution in [0.3, 0.4) is 0 Å². The number of aromatic nitrogens is 3. The average Bonchev–Trinajstić information content (AvgIpc) is 3.23. The van der Waals surface area contributed by atoms with Crippen LogP contribution in [0.15, 0.2) is 84.9 Å². The minimum absolute atomic E-state index is 0.188. The molecule has 1 N–H and O–H groups in total. The standard InChI is InChI=1S/C23H19FN4O2/c24-19-13-11-17(12-14-19)15-25-23-26-22(18-7-3-1-4-8-18)27-28(23)21(29)16-30-20-9-5-2-6-10-20/h1-14H,15-16H2,(H,25,26,27). The summed E-state index contributed by atoms with van der Waals surface area (Å²) in [5.74, 6) is 0.636. The van der Waals surface area contributed by atoms with Crippen LogP contribution < -0.4 is 10.1 Å². The molecular formula is C23H19FN4O2. The van der Waals surface area contributed by atoms with Crippen LogP contribution in [0.4, 0.5) is 10.3 Å². The molecule has 7 heteroatoms. The molecule has 30 heavy (non-hydrogen) atoms. The fourth-order valence-electron chi connectivity index (χ4n) is 2.82. The van der Waals surface area contributed by atoms with E-state index in [2.05, 4.69) is 15.4 Å². The predicted molar refractivity (Wildman–Crippen MR) is 112 cm³/mol. The van der Waals surface area contributed by atoms with Crippen LogP contribution in [0.1, 0.15) is 10.4 Å². The van der Waals surface area contributed by atoms with Crippen LogP contribution in [0.5, 0.6) is 5.75 Å². The van der Waals surface area contributed by atoms with Crippen molar-refractivity contribution in [2.45, 2.75) is 6.54 Å². The molecule has 0 spiro atoms. The van der Waals surface area contributed by atoms with Crippen LogP contribution in [0, 0.1) is 5.82 Å². The Morgan fingerprint density at radius 1 is 0.933 bits per heavy atom. The molecule has 0 saturated carbocycles. The summed E-state index contributed by atoms with van der Waals surface area (Å²) in [6.07, 6.45) is 0. The number of hydrogen-bond donors (Lipinski definition) is 1. The normalized spacial score (nSPS) is 10.6. The Balaban J connectivity index is 1.55. The molecule has 0 aliphatic heterocycles. The first-order valence-electron chi connectivity index (χ1n) is 9.41. The SMILES string of the molecule is O=C(COc1ccccc1)n1nc(-c2ccccc2)nc1NCc1ccc(F)cc1. The zero-order valence-corrected chi connectivity index (χ0v) is 16.0. The summed E-state index contributed by atoms with van der Waals surface area (Å²) >= 11 is 0. The van der Waals surface area contributed by atoms with Crippen molar-refractivity contribution in [3.05, 3.63) is 96.3 Å². The number of para-hydroxylation sites is 1. The zero-order chi connectivity index (χ0) is 20.8. The van der Waals surface area contributed by atoms with Crippen LogP contribution in [-0.2, 0) is 6.54 Å². The van der Waals surface area contributed by atoms with Crippen molar-refractivity contribution in [2.24, 2.45) is 0 Å². The van der Waals surface area contributed by atoms with Gasteiger partial charge in [-0.05, 0) is 29.8 Å². The van der Waals surface area contributed by atoms with Crippen molar-refractivity contribution in [3.8, 4) is 17.1 Å². The van der Waals surface area contributed by atoms with E-state index in [9.17, 15) is 9.18 Å². The van der Waals surface area contributed by atoms with Crippen LogP contribution in [-0.4, -0.2) is 27.3 Å². The number of nitrogens with one attached hydrogen (secondary N) is 1. The van der Waals surface area contributed by atoms with E-state index in [-0.39, 0.29) is 18.3 Å². The van der Waals surface area contributed by atoms with E-state index in [0.717, 1.165) is 11.1 Å². The first kappa shape index (κ1) is 19.3. The summed E-state index contributed by atoms with van der Waals surface area (Å²) in [4.78, 5) is 17.3. The Kier molecular flexibility index (Phi) is 5.80. The van der Waals surface area contributed by atoms with Gasteiger partial charge in [-0.1, -0.05) is 60.7 Å². The lowest BCUT2D eigenvalue weighted by atomic mass is 10.2. The van der Waals surface area contributed by atoms with E-state index < -0.39 is 0 Å². The number of benzene rings is 3. The fourth-order valence-corrected chi connectivity index (χ4v) is 2.82. The number of rotatable bonds is 7. The number of hydrogen-bond acceptors (Lipinski definition) is 5. The summed E-state index contributed by atoms with van der Waals surface area (Å²) in [5, 5.41) is 7.48.